The number of nitrogens with zero attached hydrogens (tertiary/aromatic N) is 4. The van der Waals surface area contributed by atoms with E-state index in [0.29, 0.717) is 13.0 Å². The van der Waals surface area contributed by atoms with E-state index in [1.807, 2.05) is 35.4 Å². The van der Waals surface area contributed by atoms with Crippen molar-refractivity contribution in [3.05, 3.63) is 48.4 Å². The molecule has 6 heteroatoms. The largest absolute Gasteiger partial charge is 0.485 e. The van der Waals surface area contributed by atoms with E-state index < -0.39 is 0 Å². The number of hydrogen-bond acceptors (Lipinski definition) is 5. The van der Waals surface area contributed by atoms with Crippen molar-refractivity contribution in [3.63, 3.8) is 0 Å². The van der Waals surface area contributed by atoms with Gasteiger partial charge in [0.2, 0.25) is 5.91 Å². The van der Waals surface area contributed by atoms with Gasteiger partial charge in [0.25, 0.3) is 0 Å². The van der Waals surface area contributed by atoms with Crippen molar-refractivity contribution < 1.29 is 9.53 Å². The van der Waals surface area contributed by atoms with Crippen molar-refractivity contribution in [1.82, 2.24) is 14.9 Å². The molecule has 0 spiro atoms. The molecule has 136 valence electrons. The zero-order valence-electron chi connectivity index (χ0n) is 14.9. The lowest BCUT2D eigenvalue weighted by Gasteiger charge is -2.22. The first-order chi connectivity index (χ1) is 12.8. The van der Waals surface area contributed by atoms with Crippen molar-refractivity contribution in [2.24, 2.45) is 0 Å². The molecule has 0 unspecified atom stereocenters. The summed E-state index contributed by atoms with van der Waals surface area (Å²) in [7, 11) is 0. The molecule has 2 aromatic heterocycles. The smallest absolute Gasteiger partial charge is 0.227 e. The molecule has 0 N–H and O–H groups in total. The quantitative estimate of drug-likeness (QED) is 0.826. The molecule has 2 aliphatic heterocycles. The number of likely N-dealkylation sites (tertiary alicyclic amines) is 1. The molecule has 0 bridgehead atoms. The van der Waals surface area contributed by atoms with Crippen molar-refractivity contribution in [3.8, 4) is 5.75 Å². The summed E-state index contributed by atoms with van der Waals surface area (Å²) < 4.78 is 6.24. The first-order valence-electron chi connectivity index (χ1n) is 9.33. The molecule has 0 aliphatic carbocycles. The van der Waals surface area contributed by atoms with Crippen molar-refractivity contribution in [1.29, 1.82) is 0 Å². The Morgan fingerprint density at radius 3 is 2.81 bits per heavy atom. The van der Waals surface area contributed by atoms with Gasteiger partial charge in [0, 0.05) is 44.6 Å². The minimum atomic E-state index is 0.0263. The van der Waals surface area contributed by atoms with Gasteiger partial charge in [-0.3, -0.25) is 9.78 Å². The Bertz CT molecular complexity index is 746. The van der Waals surface area contributed by atoms with Crippen LogP contribution >= 0.6 is 0 Å². The predicted molar refractivity (Wildman–Crippen MR) is 99.2 cm³/mol. The molecule has 0 aromatic carbocycles. The SMILES string of the molecule is O=C(Cc1cccnc1)N1CC[C@@H](Oc2cccnc2N2CCCC2)C1. The van der Waals surface area contributed by atoms with Gasteiger partial charge in [-0.2, -0.15) is 0 Å². The Morgan fingerprint density at radius 1 is 1.15 bits per heavy atom. The lowest BCUT2D eigenvalue weighted by atomic mass is 10.2. The third-order valence-electron chi connectivity index (χ3n) is 5.03. The molecule has 6 nitrogen and oxygen atoms in total. The van der Waals surface area contributed by atoms with Crippen LogP contribution in [0, 0.1) is 0 Å². The monoisotopic (exact) mass is 352 g/mol. The van der Waals surface area contributed by atoms with E-state index in [9.17, 15) is 4.79 Å². The molecule has 4 rings (SSSR count). The molecular formula is C20H24N4O2. The zero-order chi connectivity index (χ0) is 17.8. The minimum absolute atomic E-state index is 0.0263. The topological polar surface area (TPSA) is 58.6 Å². The second kappa shape index (κ2) is 7.72. The van der Waals surface area contributed by atoms with Crippen molar-refractivity contribution in [2.75, 3.05) is 31.1 Å². The van der Waals surface area contributed by atoms with Crippen LogP contribution < -0.4 is 9.64 Å². The molecule has 2 saturated heterocycles. The Hall–Kier alpha value is -2.63. The van der Waals surface area contributed by atoms with Crippen LogP contribution in [0.4, 0.5) is 5.82 Å². The van der Waals surface area contributed by atoms with Crippen LogP contribution in [0.15, 0.2) is 42.9 Å². The van der Waals surface area contributed by atoms with Gasteiger partial charge in [0.1, 0.15) is 6.10 Å². The van der Waals surface area contributed by atoms with Gasteiger partial charge < -0.3 is 14.5 Å². The maximum absolute atomic E-state index is 12.5. The summed E-state index contributed by atoms with van der Waals surface area (Å²) in [5.41, 5.74) is 0.949. The molecule has 1 atom stereocenters. The highest BCUT2D eigenvalue weighted by atomic mass is 16.5. The van der Waals surface area contributed by atoms with Crippen molar-refractivity contribution in [2.45, 2.75) is 31.8 Å². The second-order valence-corrected chi connectivity index (χ2v) is 6.93. The minimum Gasteiger partial charge on any atom is -0.485 e. The fourth-order valence-electron chi connectivity index (χ4n) is 3.66. The lowest BCUT2D eigenvalue weighted by molar-refractivity contribution is -0.129. The van der Waals surface area contributed by atoms with E-state index in [0.717, 1.165) is 43.2 Å². The summed E-state index contributed by atoms with van der Waals surface area (Å²) in [6, 6.07) is 7.70. The molecule has 2 aromatic rings. The van der Waals surface area contributed by atoms with Gasteiger partial charge in [-0.1, -0.05) is 6.07 Å². The van der Waals surface area contributed by atoms with Crippen LogP contribution in [-0.4, -0.2) is 53.1 Å². The Balaban J connectivity index is 1.37. The average Bonchev–Trinajstić information content (AvgIpc) is 3.35. The summed E-state index contributed by atoms with van der Waals surface area (Å²) in [6.07, 6.45) is 8.97. The Labute approximate surface area is 153 Å². The maximum atomic E-state index is 12.5. The number of ether oxygens (including phenoxy) is 1. The standard InChI is InChI=1S/C20H24N4O2/c25-19(13-16-5-3-8-21-14-16)24-12-7-17(15-24)26-18-6-4-9-22-20(18)23-10-1-2-11-23/h3-6,8-9,14,17H,1-2,7,10-13,15H2/t17-/m1/s1. The zero-order valence-corrected chi connectivity index (χ0v) is 14.9. The average molecular weight is 352 g/mol. The van der Waals surface area contributed by atoms with Crippen LogP contribution in [0.1, 0.15) is 24.8 Å². The lowest BCUT2D eigenvalue weighted by Crippen LogP contribution is -2.32. The van der Waals surface area contributed by atoms with Gasteiger partial charge in [-0.25, -0.2) is 4.98 Å². The van der Waals surface area contributed by atoms with Gasteiger partial charge >= 0.3 is 0 Å². The van der Waals surface area contributed by atoms with Crippen LogP contribution in [0.2, 0.25) is 0 Å². The molecule has 0 saturated carbocycles. The number of rotatable bonds is 5. The molecule has 0 radical (unpaired) electrons. The number of amides is 1. The summed E-state index contributed by atoms with van der Waals surface area (Å²) in [4.78, 5) is 25.3. The number of carbonyl (C=O) groups is 1. The van der Waals surface area contributed by atoms with Gasteiger partial charge in [-0.15, -0.1) is 0 Å². The third-order valence-corrected chi connectivity index (χ3v) is 5.03. The highest BCUT2D eigenvalue weighted by Crippen LogP contribution is 2.30. The van der Waals surface area contributed by atoms with Gasteiger partial charge in [0.05, 0.1) is 13.0 Å². The predicted octanol–water partition coefficient (Wildman–Crippen LogP) is 2.30. The molecular weight excluding hydrogens is 328 g/mol. The van der Waals surface area contributed by atoms with Gasteiger partial charge in [0.15, 0.2) is 11.6 Å². The summed E-state index contributed by atoms with van der Waals surface area (Å²) in [5.74, 6) is 1.90. The highest BCUT2D eigenvalue weighted by molar-refractivity contribution is 5.79. The van der Waals surface area contributed by atoms with Crippen molar-refractivity contribution >= 4 is 11.7 Å². The van der Waals surface area contributed by atoms with E-state index in [2.05, 4.69) is 14.9 Å². The Morgan fingerprint density at radius 2 is 2.00 bits per heavy atom. The van der Waals surface area contributed by atoms with E-state index in [1.165, 1.54) is 12.8 Å². The van der Waals surface area contributed by atoms with Crippen LogP contribution in [0.3, 0.4) is 0 Å². The van der Waals surface area contributed by atoms with Gasteiger partial charge in [-0.05, 0) is 36.6 Å². The number of hydrogen-bond donors (Lipinski definition) is 0. The van der Waals surface area contributed by atoms with Crippen LogP contribution in [0.25, 0.3) is 0 Å². The Kier molecular flexibility index (Phi) is 5.00. The maximum Gasteiger partial charge on any atom is 0.227 e. The van der Waals surface area contributed by atoms with E-state index in [1.54, 1.807) is 12.4 Å². The van der Waals surface area contributed by atoms with E-state index in [-0.39, 0.29) is 12.0 Å². The first-order valence-corrected chi connectivity index (χ1v) is 9.33. The second-order valence-electron chi connectivity index (χ2n) is 6.93. The number of anilines is 1. The third kappa shape index (κ3) is 3.79. The van der Waals surface area contributed by atoms with E-state index in [4.69, 9.17) is 4.74 Å². The fourth-order valence-corrected chi connectivity index (χ4v) is 3.66. The number of carbonyl (C=O) groups excluding carboxylic acids is 1. The first kappa shape index (κ1) is 16.8. The van der Waals surface area contributed by atoms with Crippen LogP contribution in [0.5, 0.6) is 5.75 Å². The summed E-state index contributed by atoms with van der Waals surface area (Å²) >= 11 is 0. The highest BCUT2D eigenvalue weighted by Gasteiger charge is 2.29. The van der Waals surface area contributed by atoms with Crippen LogP contribution in [-0.2, 0) is 11.2 Å². The number of pyridine rings is 2. The normalized spacial score (nSPS) is 19.8. The van der Waals surface area contributed by atoms with E-state index >= 15 is 0 Å². The summed E-state index contributed by atoms with van der Waals surface area (Å²) in [6.45, 7) is 3.44. The fraction of sp³-hybridized carbons (Fsp3) is 0.450. The molecule has 1 amide bonds. The number of aromatic nitrogens is 2. The molecule has 2 aliphatic rings. The molecule has 26 heavy (non-hydrogen) atoms. The molecule has 4 heterocycles. The molecule has 2 fully saturated rings. The summed E-state index contributed by atoms with van der Waals surface area (Å²) in [5, 5.41) is 0.